The first-order valence-corrected chi connectivity index (χ1v) is 4.65. The third-order valence-electron chi connectivity index (χ3n) is 0.791. The Balaban J connectivity index is -0.0000000580. The first-order chi connectivity index (χ1) is 6.77. The molecule has 0 aliphatic carbocycles. The average molecular weight is 270 g/mol. The summed E-state index contributed by atoms with van der Waals surface area (Å²) in [6, 6.07) is 10.0. The van der Waals surface area contributed by atoms with E-state index in [-0.39, 0.29) is 22.8 Å². The molecule has 1 aromatic carbocycles. The van der Waals surface area contributed by atoms with Gasteiger partial charge in [0.15, 0.2) is 0 Å². The van der Waals surface area contributed by atoms with Crippen molar-refractivity contribution in [3.63, 3.8) is 0 Å². The molecular weight excluding hydrogens is 260 g/mol. The standard InChI is InChI=1S/C5H5.C2H6O2S.2CO.Fe/c1-2-4-5-3-1;1-2-5(3)4;2*1-2;/h1-5H;2H2,1H3,(H,3,4);;;/q-1;;;;/p-1. The van der Waals surface area contributed by atoms with Gasteiger partial charge < -0.3 is 4.55 Å². The van der Waals surface area contributed by atoms with Crippen molar-refractivity contribution in [2.75, 3.05) is 5.75 Å². The van der Waals surface area contributed by atoms with Crippen molar-refractivity contribution in [1.29, 1.82) is 0 Å². The van der Waals surface area contributed by atoms with Crippen LogP contribution in [0.3, 0.4) is 0 Å². The monoisotopic (exact) mass is 270 g/mol. The Morgan fingerprint density at radius 1 is 1.27 bits per heavy atom. The Morgan fingerprint density at radius 3 is 1.60 bits per heavy atom. The van der Waals surface area contributed by atoms with Gasteiger partial charge in [0.05, 0.1) is 0 Å². The minimum absolute atomic E-state index is 0. The summed E-state index contributed by atoms with van der Waals surface area (Å²) in [6.07, 6.45) is 0. The zero-order valence-corrected chi connectivity index (χ0v) is 9.91. The van der Waals surface area contributed by atoms with Crippen molar-refractivity contribution in [3.05, 3.63) is 43.6 Å². The van der Waals surface area contributed by atoms with E-state index < -0.39 is 11.1 Å². The molecule has 15 heavy (non-hydrogen) atoms. The first kappa shape index (κ1) is 23.9. The zero-order chi connectivity index (χ0) is 11.8. The Kier molecular flexibility index (Phi) is 46.6. The van der Waals surface area contributed by atoms with Crippen LogP contribution in [0.2, 0.25) is 0 Å². The second-order valence-corrected chi connectivity index (χ2v) is 2.74. The number of hydrogen-bond acceptors (Lipinski definition) is 2. The molecule has 1 rings (SSSR count). The van der Waals surface area contributed by atoms with Crippen molar-refractivity contribution in [3.8, 4) is 0 Å². The third kappa shape index (κ3) is 42.4. The third-order valence-corrected chi connectivity index (χ3v) is 1.26. The summed E-state index contributed by atoms with van der Waals surface area (Å²) in [4.78, 5) is 0. The molecule has 0 heterocycles. The smallest absolute Gasteiger partial charge is 0 e. The molecule has 0 spiro atoms. The molecule has 4 nitrogen and oxygen atoms in total. The van der Waals surface area contributed by atoms with E-state index in [1.807, 2.05) is 30.3 Å². The zero-order valence-electron chi connectivity index (χ0n) is 7.99. The van der Waals surface area contributed by atoms with Crippen molar-refractivity contribution in [2.24, 2.45) is 0 Å². The summed E-state index contributed by atoms with van der Waals surface area (Å²) in [5.41, 5.74) is 0. The Labute approximate surface area is 103 Å². The van der Waals surface area contributed by atoms with Crippen LogP contribution < -0.4 is 0 Å². The van der Waals surface area contributed by atoms with Crippen molar-refractivity contribution in [2.45, 2.75) is 6.92 Å². The van der Waals surface area contributed by atoms with Crippen molar-refractivity contribution < 1.29 is 35.1 Å². The summed E-state index contributed by atoms with van der Waals surface area (Å²) in [6.45, 7) is 10.6. The Bertz CT molecular complexity index is 208. The maximum absolute atomic E-state index is 9.37. The maximum atomic E-state index is 9.37. The minimum atomic E-state index is -1.82. The van der Waals surface area contributed by atoms with Gasteiger partial charge in [-0.25, -0.2) is 12.1 Å². The van der Waals surface area contributed by atoms with Gasteiger partial charge >= 0.3 is 22.6 Å². The van der Waals surface area contributed by atoms with Gasteiger partial charge in [-0.2, -0.15) is 18.2 Å². The largest absolute Gasteiger partial charge is 0.214 e. The quantitative estimate of drug-likeness (QED) is 0.333. The Hall–Kier alpha value is -0.541. The molecule has 0 bridgehead atoms. The van der Waals surface area contributed by atoms with Gasteiger partial charge in [0.25, 0.3) is 0 Å². The predicted octanol–water partition coefficient (Wildman–Crippen LogP) is 1.21. The fourth-order valence-corrected chi connectivity index (χ4v) is 0.321. The maximum Gasteiger partial charge on any atom is 0 e. The van der Waals surface area contributed by atoms with E-state index in [0.29, 0.717) is 0 Å². The number of rotatable bonds is 1. The van der Waals surface area contributed by atoms with E-state index >= 15 is 0 Å². The van der Waals surface area contributed by atoms with E-state index in [4.69, 9.17) is 9.30 Å². The van der Waals surface area contributed by atoms with Gasteiger partial charge in [-0.15, -0.1) is 0 Å². The molecule has 0 aromatic heterocycles. The summed E-state index contributed by atoms with van der Waals surface area (Å²) < 4.78 is 33.7. The van der Waals surface area contributed by atoms with Gasteiger partial charge in [0.2, 0.25) is 0 Å². The summed E-state index contributed by atoms with van der Waals surface area (Å²) in [5, 5.41) is 0. The predicted molar refractivity (Wildman–Crippen MR) is 49.4 cm³/mol. The fraction of sp³-hybridized carbons (Fsp3) is 0.222. The van der Waals surface area contributed by atoms with E-state index in [9.17, 15) is 8.76 Å². The molecular formula is C9H10FeO4S-2. The fourth-order valence-electron chi connectivity index (χ4n) is 0.321. The molecule has 86 valence electrons. The SMILES string of the molecule is CCS(=O)[O-].[C-]#[O+].[C-]#[O+].[Fe].c1cc[cH-]c1. The summed E-state index contributed by atoms with van der Waals surface area (Å²) in [5.74, 6) is 0.222. The molecule has 0 radical (unpaired) electrons. The molecule has 1 unspecified atom stereocenters. The van der Waals surface area contributed by atoms with Crippen molar-refractivity contribution in [1.82, 2.24) is 0 Å². The Morgan fingerprint density at radius 2 is 1.53 bits per heavy atom. The summed E-state index contributed by atoms with van der Waals surface area (Å²) >= 11 is -1.82. The normalized spacial score (nSPS) is 7.87. The molecule has 6 heteroatoms. The molecule has 0 aliphatic rings. The van der Waals surface area contributed by atoms with Gasteiger partial charge in [-0.1, -0.05) is 18.0 Å². The van der Waals surface area contributed by atoms with Crippen LogP contribution >= 0.6 is 0 Å². The van der Waals surface area contributed by atoms with Crippen LogP contribution in [-0.2, 0) is 37.5 Å². The minimum Gasteiger partial charge on any atom is -0.214 e. The van der Waals surface area contributed by atoms with Crippen LogP contribution in [0.25, 0.3) is 0 Å². The van der Waals surface area contributed by atoms with Crippen molar-refractivity contribution >= 4 is 11.1 Å². The molecule has 0 N–H and O–H groups in total. The van der Waals surface area contributed by atoms with E-state index in [0.717, 1.165) is 0 Å². The topological polar surface area (TPSA) is 79.9 Å². The second kappa shape index (κ2) is 29.2. The van der Waals surface area contributed by atoms with E-state index in [1.165, 1.54) is 0 Å². The van der Waals surface area contributed by atoms with E-state index in [1.54, 1.807) is 6.92 Å². The van der Waals surface area contributed by atoms with E-state index in [2.05, 4.69) is 13.3 Å². The molecule has 0 aliphatic heterocycles. The van der Waals surface area contributed by atoms with Gasteiger partial charge in [-0.05, 0) is 0 Å². The molecule has 0 saturated carbocycles. The van der Waals surface area contributed by atoms with Crippen LogP contribution in [0.1, 0.15) is 6.92 Å². The molecule has 1 aromatic rings. The first-order valence-electron chi connectivity index (χ1n) is 3.40. The van der Waals surface area contributed by atoms with Crippen LogP contribution in [0.5, 0.6) is 0 Å². The van der Waals surface area contributed by atoms with Crippen LogP contribution in [0.15, 0.2) is 30.3 Å². The molecule has 0 amide bonds. The van der Waals surface area contributed by atoms with Crippen LogP contribution in [-0.4, -0.2) is 14.5 Å². The molecule has 1 atom stereocenters. The second-order valence-electron chi connectivity index (χ2n) is 1.55. The van der Waals surface area contributed by atoms with Gasteiger partial charge in [0, 0.05) is 22.8 Å². The number of hydrogen-bond donors (Lipinski definition) is 0. The van der Waals surface area contributed by atoms with Gasteiger partial charge in [-0.3, -0.25) is 4.21 Å². The van der Waals surface area contributed by atoms with Crippen LogP contribution in [0.4, 0.5) is 0 Å². The average Bonchev–Trinajstić information content (AvgIpc) is 2.82. The summed E-state index contributed by atoms with van der Waals surface area (Å²) in [7, 11) is 0. The van der Waals surface area contributed by atoms with Crippen LogP contribution in [0, 0.1) is 13.3 Å². The molecule has 0 fully saturated rings. The van der Waals surface area contributed by atoms with Gasteiger partial charge in [0.1, 0.15) is 0 Å². The molecule has 0 saturated heterocycles.